The standard InChI is InChI=1S/C7H4ClNO2S/c8-6-1-3-7(4-2-6)12(10,11)5-9/h1-4H. The molecule has 62 valence electrons. The number of benzene rings is 1. The minimum absolute atomic E-state index is 0.0330. The van der Waals surface area contributed by atoms with Crippen molar-refractivity contribution in [2.45, 2.75) is 4.90 Å². The number of thiocyanates is 1. The molecule has 0 unspecified atom stereocenters. The molecule has 0 aliphatic rings. The molecule has 12 heavy (non-hydrogen) atoms. The van der Waals surface area contributed by atoms with E-state index in [1.54, 1.807) is 0 Å². The van der Waals surface area contributed by atoms with Crippen molar-refractivity contribution in [3.8, 4) is 5.40 Å². The van der Waals surface area contributed by atoms with Crippen molar-refractivity contribution in [1.29, 1.82) is 5.26 Å². The first-order valence-electron chi connectivity index (χ1n) is 2.98. The molecule has 0 fully saturated rings. The lowest BCUT2D eigenvalue weighted by atomic mass is 10.4. The van der Waals surface area contributed by atoms with Gasteiger partial charge in [-0.3, -0.25) is 0 Å². The Labute approximate surface area is 75.1 Å². The first kappa shape index (κ1) is 9.04. The summed E-state index contributed by atoms with van der Waals surface area (Å²) < 4.78 is 21.8. The van der Waals surface area contributed by atoms with Gasteiger partial charge in [-0.2, -0.15) is 5.26 Å². The zero-order valence-corrected chi connectivity index (χ0v) is 7.43. The van der Waals surface area contributed by atoms with Crippen LogP contribution in [0.4, 0.5) is 0 Å². The number of rotatable bonds is 1. The fourth-order valence-electron chi connectivity index (χ4n) is 0.666. The lowest BCUT2D eigenvalue weighted by Crippen LogP contribution is -1.95. The Bertz CT molecular complexity index is 416. The highest BCUT2D eigenvalue weighted by Gasteiger charge is 2.11. The van der Waals surface area contributed by atoms with Crippen LogP contribution < -0.4 is 0 Å². The zero-order valence-electron chi connectivity index (χ0n) is 5.86. The van der Waals surface area contributed by atoms with Crippen LogP contribution in [0, 0.1) is 10.7 Å². The summed E-state index contributed by atoms with van der Waals surface area (Å²) in [6.07, 6.45) is 0. The minimum Gasteiger partial charge on any atom is -0.208 e. The third-order valence-corrected chi connectivity index (χ3v) is 2.63. The summed E-state index contributed by atoms with van der Waals surface area (Å²) in [5, 5.41) is 9.89. The third kappa shape index (κ3) is 1.76. The molecule has 1 rings (SSSR count). The van der Waals surface area contributed by atoms with Crippen molar-refractivity contribution in [2.24, 2.45) is 0 Å². The molecular formula is C7H4ClNO2S. The summed E-state index contributed by atoms with van der Waals surface area (Å²) in [6.45, 7) is 0. The summed E-state index contributed by atoms with van der Waals surface area (Å²) in [4.78, 5) is -0.0330. The van der Waals surface area contributed by atoms with Crippen molar-refractivity contribution in [3.63, 3.8) is 0 Å². The number of nitriles is 1. The van der Waals surface area contributed by atoms with Gasteiger partial charge in [0.25, 0.3) is 9.84 Å². The normalized spacial score (nSPS) is 10.7. The molecule has 0 heterocycles. The van der Waals surface area contributed by atoms with E-state index in [4.69, 9.17) is 16.9 Å². The van der Waals surface area contributed by atoms with E-state index in [9.17, 15) is 8.42 Å². The van der Waals surface area contributed by atoms with Gasteiger partial charge >= 0.3 is 0 Å². The quantitative estimate of drug-likeness (QED) is 0.512. The van der Waals surface area contributed by atoms with Gasteiger partial charge in [0.15, 0.2) is 5.40 Å². The van der Waals surface area contributed by atoms with Gasteiger partial charge in [0, 0.05) is 5.02 Å². The number of sulfone groups is 1. The Hall–Kier alpha value is -1.05. The fraction of sp³-hybridized carbons (Fsp3) is 0. The van der Waals surface area contributed by atoms with Crippen LogP contribution in [-0.4, -0.2) is 8.42 Å². The van der Waals surface area contributed by atoms with Gasteiger partial charge in [-0.05, 0) is 24.3 Å². The summed E-state index contributed by atoms with van der Waals surface area (Å²) >= 11 is 5.53. The van der Waals surface area contributed by atoms with Crippen LogP contribution in [0.5, 0.6) is 0 Å². The van der Waals surface area contributed by atoms with Crippen LogP contribution in [-0.2, 0) is 9.84 Å². The summed E-state index contributed by atoms with van der Waals surface area (Å²) in [7, 11) is -3.77. The molecule has 1 aromatic carbocycles. The second-order valence-corrected chi connectivity index (χ2v) is 4.15. The van der Waals surface area contributed by atoms with Crippen LogP contribution in [0.2, 0.25) is 5.02 Å². The predicted octanol–water partition coefficient (Wildman–Crippen LogP) is 1.59. The Balaban J connectivity index is 3.26. The van der Waals surface area contributed by atoms with Crippen LogP contribution in [0.3, 0.4) is 0 Å². The van der Waals surface area contributed by atoms with Gasteiger partial charge in [-0.25, -0.2) is 8.42 Å². The zero-order chi connectivity index (χ0) is 9.19. The third-order valence-electron chi connectivity index (χ3n) is 1.24. The van der Waals surface area contributed by atoms with Gasteiger partial charge in [0.1, 0.15) is 0 Å². The van der Waals surface area contributed by atoms with Crippen LogP contribution in [0.1, 0.15) is 0 Å². The lowest BCUT2D eigenvalue weighted by molar-refractivity contribution is 0.605. The van der Waals surface area contributed by atoms with Crippen molar-refractivity contribution in [1.82, 2.24) is 0 Å². The molecule has 0 spiro atoms. The first-order chi connectivity index (χ1) is 5.56. The van der Waals surface area contributed by atoms with Crippen molar-refractivity contribution in [2.75, 3.05) is 0 Å². The highest BCUT2D eigenvalue weighted by Crippen LogP contribution is 2.14. The minimum atomic E-state index is -3.77. The van der Waals surface area contributed by atoms with Gasteiger partial charge in [0.05, 0.1) is 4.90 Å². The second kappa shape index (κ2) is 3.13. The average molecular weight is 202 g/mol. The van der Waals surface area contributed by atoms with E-state index in [-0.39, 0.29) is 4.90 Å². The van der Waals surface area contributed by atoms with E-state index in [2.05, 4.69) is 0 Å². The summed E-state index contributed by atoms with van der Waals surface area (Å²) in [5.74, 6) is 0. The van der Waals surface area contributed by atoms with Crippen LogP contribution in [0.15, 0.2) is 29.2 Å². The Morgan fingerprint density at radius 2 is 1.75 bits per heavy atom. The molecule has 5 heteroatoms. The molecule has 0 aromatic heterocycles. The van der Waals surface area contributed by atoms with Gasteiger partial charge < -0.3 is 0 Å². The summed E-state index contributed by atoms with van der Waals surface area (Å²) in [6, 6.07) is 5.43. The maximum absolute atomic E-state index is 10.9. The maximum Gasteiger partial charge on any atom is 0.269 e. The smallest absolute Gasteiger partial charge is 0.208 e. The topological polar surface area (TPSA) is 57.9 Å². The Kier molecular flexibility index (Phi) is 2.36. The highest BCUT2D eigenvalue weighted by atomic mass is 35.5. The molecule has 3 nitrogen and oxygen atoms in total. The number of nitrogens with zero attached hydrogens (tertiary/aromatic N) is 1. The molecule has 0 radical (unpaired) electrons. The fourth-order valence-corrected chi connectivity index (χ4v) is 1.39. The molecule has 1 aromatic rings. The molecule has 0 N–H and O–H groups in total. The Morgan fingerprint density at radius 1 is 1.25 bits per heavy atom. The maximum atomic E-state index is 10.9. The Morgan fingerprint density at radius 3 is 2.17 bits per heavy atom. The molecule has 0 atom stereocenters. The van der Waals surface area contributed by atoms with Gasteiger partial charge in [0.2, 0.25) is 0 Å². The van der Waals surface area contributed by atoms with Crippen molar-refractivity contribution >= 4 is 21.4 Å². The van der Waals surface area contributed by atoms with Crippen LogP contribution in [0.25, 0.3) is 0 Å². The molecular weight excluding hydrogens is 198 g/mol. The molecule has 0 saturated carbocycles. The molecule has 0 aliphatic carbocycles. The molecule has 0 amide bonds. The number of halogens is 1. The van der Waals surface area contributed by atoms with Crippen LogP contribution >= 0.6 is 11.6 Å². The van der Waals surface area contributed by atoms with E-state index < -0.39 is 9.84 Å². The van der Waals surface area contributed by atoms with Gasteiger partial charge in [-0.1, -0.05) is 11.6 Å². The predicted molar refractivity (Wildman–Crippen MR) is 44.3 cm³/mol. The monoisotopic (exact) mass is 201 g/mol. The SMILES string of the molecule is N#CS(=O)(=O)c1ccc(Cl)cc1. The van der Waals surface area contributed by atoms with E-state index in [1.807, 2.05) is 0 Å². The van der Waals surface area contributed by atoms with E-state index in [0.717, 1.165) is 0 Å². The van der Waals surface area contributed by atoms with Gasteiger partial charge in [-0.15, -0.1) is 0 Å². The van der Waals surface area contributed by atoms with Crippen molar-refractivity contribution < 1.29 is 8.42 Å². The molecule has 0 aliphatic heterocycles. The lowest BCUT2D eigenvalue weighted by Gasteiger charge is -1.93. The highest BCUT2D eigenvalue weighted by molar-refractivity contribution is 7.95. The number of hydrogen-bond acceptors (Lipinski definition) is 3. The second-order valence-electron chi connectivity index (χ2n) is 2.05. The average Bonchev–Trinajstić information content (AvgIpc) is 2.05. The van der Waals surface area contributed by atoms with E-state index >= 15 is 0 Å². The molecule has 0 saturated heterocycles. The first-order valence-corrected chi connectivity index (χ1v) is 4.84. The largest absolute Gasteiger partial charge is 0.269 e. The van der Waals surface area contributed by atoms with E-state index in [0.29, 0.717) is 5.02 Å². The van der Waals surface area contributed by atoms with E-state index in [1.165, 1.54) is 29.7 Å². The number of hydrogen-bond donors (Lipinski definition) is 0. The molecule has 0 bridgehead atoms. The van der Waals surface area contributed by atoms with Crippen molar-refractivity contribution in [3.05, 3.63) is 29.3 Å². The summed E-state index contributed by atoms with van der Waals surface area (Å²) in [5.41, 5.74) is 0.